The normalized spacial score (nSPS) is 19.0. The summed E-state index contributed by atoms with van der Waals surface area (Å²) >= 11 is 4.72. The van der Waals surface area contributed by atoms with Gasteiger partial charge < -0.3 is 29.2 Å². The van der Waals surface area contributed by atoms with Gasteiger partial charge in [-0.2, -0.15) is 0 Å². The number of thioether (sulfide) groups is 1. The summed E-state index contributed by atoms with van der Waals surface area (Å²) in [7, 11) is 1.58. The fourth-order valence-electron chi connectivity index (χ4n) is 4.69. The smallest absolute Gasteiger partial charge is 0.344 e. The highest BCUT2D eigenvalue weighted by atomic mass is 79.9. The minimum absolute atomic E-state index is 0.0114. The Morgan fingerprint density at radius 3 is 2.78 bits per heavy atom. The van der Waals surface area contributed by atoms with Gasteiger partial charge in [0, 0.05) is 40.3 Å². The number of benzene rings is 2. The molecule has 3 heterocycles. The molecule has 41 heavy (non-hydrogen) atoms. The molecule has 9 nitrogen and oxygen atoms in total. The molecule has 0 radical (unpaired) electrons. The molecule has 1 fully saturated rings. The molecule has 2 N–H and O–H groups in total. The number of aliphatic imine (C=N–C) groups is 1. The third-order valence-electron chi connectivity index (χ3n) is 6.70. The van der Waals surface area contributed by atoms with Crippen LogP contribution in [0.25, 0.3) is 17.0 Å². The highest BCUT2D eigenvalue weighted by molar-refractivity contribution is 9.10. The van der Waals surface area contributed by atoms with E-state index >= 15 is 0 Å². The van der Waals surface area contributed by atoms with E-state index in [0.29, 0.717) is 27.9 Å². The first-order valence-corrected chi connectivity index (χ1v) is 14.9. The van der Waals surface area contributed by atoms with Crippen molar-refractivity contribution >= 4 is 67.3 Å². The first-order valence-electron chi connectivity index (χ1n) is 13.3. The van der Waals surface area contributed by atoms with E-state index in [0.717, 1.165) is 40.4 Å². The molecule has 0 unspecified atom stereocenters. The number of aromatic nitrogens is 1. The van der Waals surface area contributed by atoms with Gasteiger partial charge in [0.05, 0.1) is 30.4 Å². The zero-order valence-electron chi connectivity index (χ0n) is 22.7. The van der Waals surface area contributed by atoms with Crippen LogP contribution in [0, 0.1) is 0 Å². The van der Waals surface area contributed by atoms with E-state index in [1.54, 1.807) is 44.4 Å². The van der Waals surface area contributed by atoms with Crippen molar-refractivity contribution in [1.82, 2.24) is 9.88 Å². The number of methoxy groups -OCH3 is 1. The number of halogens is 1. The zero-order chi connectivity index (χ0) is 28.9. The predicted molar refractivity (Wildman–Crippen MR) is 164 cm³/mol. The van der Waals surface area contributed by atoms with Gasteiger partial charge >= 0.3 is 5.97 Å². The Labute approximate surface area is 250 Å². The molecule has 11 heteroatoms. The number of esters is 1. The van der Waals surface area contributed by atoms with Crippen LogP contribution in [0.4, 0.5) is 5.69 Å². The molecule has 0 aliphatic carbocycles. The number of carbonyl (C=O) groups is 2. The molecule has 3 aromatic rings. The van der Waals surface area contributed by atoms with Crippen LogP contribution in [0.5, 0.6) is 5.75 Å². The third-order valence-corrected chi connectivity index (χ3v) is 8.21. The van der Waals surface area contributed by atoms with Crippen molar-refractivity contribution in [1.29, 1.82) is 0 Å². The molecule has 214 valence electrons. The number of hydrogen-bond acceptors (Lipinski definition) is 8. The minimum Gasteiger partial charge on any atom is -0.506 e. The fourth-order valence-corrected chi connectivity index (χ4v) is 6.08. The lowest BCUT2D eigenvalue weighted by molar-refractivity contribution is -0.138. The molecule has 1 aromatic heterocycles. The highest BCUT2D eigenvalue weighted by Crippen LogP contribution is 2.41. The summed E-state index contributed by atoms with van der Waals surface area (Å²) in [4.78, 5) is 30.7. The van der Waals surface area contributed by atoms with Gasteiger partial charge in [0.1, 0.15) is 28.7 Å². The fraction of sp³-hybridized carbons (Fsp3) is 0.300. The van der Waals surface area contributed by atoms with Gasteiger partial charge in [0.2, 0.25) is 5.91 Å². The average Bonchev–Trinajstić information content (AvgIpc) is 3.67. The maximum absolute atomic E-state index is 12.8. The Kier molecular flexibility index (Phi) is 9.16. The van der Waals surface area contributed by atoms with Crippen LogP contribution >= 0.6 is 27.7 Å². The average molecular weight is 641 g/mol. The van der Waals surface area contributed by atoms with Crippen molar-refractivity contribution in [3.8, 4) is 5.75 Å². The van der Waals surface area contributed by atoms with Gasteiger partial charge in [0.15, 0.2) is 0 Å². The number of carbonyl (C=O) groups excluding carboxylic acids is 2. The number of aliphatic hydroxyl groups excluding tert-OH is 1. The lowest BCUT2D eigenvalue weighted by Gasteiger charge is -2.11. The number of aliphatic hydroxyl groups is 1. The summed E-state index contributed by atoms with van der Waals surface area (Å²) in [5.74, 6) is -0.288. The predicted octanol–water partition coefficient (Wildman–Crippen LogP) is 5.90. The van der Waals surface area contributed by atoms with Crippen LogP contribution in [-0.4, -0.2) is 59.6 Å². The maximum Gasteiger partial charge on any atom is 0.344 e. The highest BCUT2D eigenvalue weighted by Gasteiger charge is 2.33. The molecule has 2 aliphatic rings. The second-order valence-corrected chi connectivity index (χ2v) is 11.4. The number of hydrogen-bond donors (Lipinski definition) is 2. The molecule has 2 aromatic carbocycles. The van der Waals surface area contributed by atoms with E-state index < -0.39 is 5.97 Å². The summed E-state index contributed by atoms with van der Waals surface area (Å²) in [6, 6.07) is 12.9. The van der Waals surface area contributed by atoms with E-state index in [4.69, 9.17) is 14.2 Å². The summed E-state index contributed by atoms with van der Waals surface area (Å²) in [6.45, 7) is 3.22. The van der Waals surface area contributed by atoms with Gasteiger partial charge in [0.25, 0.3) is 0 Å². The van der Waals surface area contributed by atoms with Crippen LogP contribution < -0.4 is 10.1 Å². The van der Waals surface area contributed by atoms with E-state index in [2.05, 4.69) is 26.2 Å². The summed E-state index contributed by atoms with van der Waals surface area (Å²) in [5, 5.41) is 15.4. The third kappa shape index (κ3) is 6.69. The van der Waals surface area contributed by atoms with Crippen LogP contribution in [0.15, 0.2) is 74.4 Å². The van der Waals surface area contributed by atoms with Crippen molar-refractivity contribution in [2.24, 2.45) is 4.99 Å². The number of fused-ring (bicyclic) bond motifs is 1. The second-order valence-electron chi connectivity index (χ2n) is 9.48. The van der Waals surface area contributed by atoms with E-state index in [-0.39, 0.29) is 36.5 Å². The van der Waals surface area contributed by atoms with E-state index in [1.807, 2.05) is 29.0 Å². The summed E-state index contributed by atoms with van der Waals surface area (Å²) in [5.41, 5.74) is 2.24. The first-order chi connectivity index (χ1) is 19.9. The summed E-state index contributed by atoms with van der Waals surface area (Å²) < 4.78 is 18.8. The molecular weight excluding hydrogens is 610 g/mol. The second kappa shape index (κ2) is 13.0. The quantitative estimate of drug-likeness (QED) is 0.280. The van der Waals surface area contributed by atoms with Gasteiger partial charge in [-0.15, -0.1) is 0 Å². The maximum atomic E-state index is 12.8. The Hall–Kier alpha value is -3.54. The SMILES string of the molecule is CCOC(=O)C1=C(O)/C(=C/c2cn(CC(=O)NC[C@@H]3CCCO3)c3ccc(Br)cc23)SC1=Nc1ccc(OC)cc1. The Balaban J connectivity index is 1.47. The van der Waals surface area contributed by atoms with Crippen LogP contribution in [0.2, 0.25) is 0 Å². The lowest BCUT2D eigenvalue weighted by Crippen LogP contribution is -2.34. The van der Waals surface area contributed by atoms with Crippen molar-refractivity contribution in [3.63, 3.8) is 0 Å². The Morgan fingerprint density at radius 2 is 2.07 bits per heavy atom. The van der Waals surface area contributed by atoms with Gasteiger partial charge in [-0.1, -0.05) is 27.7 Å². The van der Waals surface area contributed by atoms with Crippen molar-refractivity contribution in [2.75, 3.05) is 26.9 Å². The monoisotopic (exact) mass is 639 g/mol. The molecule has 0 saturated carbocycles. The van der Waals surface area contributed by atoms with Crippen molar-refractivity contribution < 1.29 is 28.9 Å². The van der Waals surface area contributed by atoms with Crippen LogP contribution in [-0.2, 0) is 25.6 Å². The van der Waals surface area contributed by atoms with Crippen LogP contribution in [0.3, 0.4) is 0 Å². The van der Waals surface area contributed by atoms with Crippen molar-refractivity contribution in [2.45, 2.75) is 32.4 Å². The Morgan fingerprint density at radius 1 is 1.27 bits per heavy atom. The summed E-state index contributed by atoms with van der Waals surface area (Å²) in [6.07, 6.45) is 5.69. The van der Waals surface area contributed by atoms with E-state index in [1.165, 1.54) is 11.8 Å². The Bertz CT molecular complexity index is 1550. The number of rotatable bonds is 9. The zero-order valence-corrected chi connectivity index (χ0v) is 25.1. The molecule has 0 bridgehead atoms. The molecule has 1 saturated heterocycles. The molecule has 2 aliphatic heterocycles. The minimum atomic E-state index is -0.652. The standard InChI is InChI=1S/C30H30BrN3O6S/c1-3-39-30(37)27-28(36)25(41-29(27)33-20-7-9-21(38-2)10-8-20)13-18-16-34(24-11-6-19(31)14-23(18)24)17-26(35)32-15-22-5-4-12-40-22/h6-11,13-14,16,22,36H,3-5,12,15,17H2,1-2H3,(H,32,35)/b25-13-,33-29?/t22-/m0/s1. The van der Waals surface area contributed by atoms with Crippen molar-refractivity contribution in [3.05, 3.63) is 74.9 Å². The number of ether oxygens (including phenoxy) is 3. The van der Waals surface area contributed by atoms with Crippen LogP contribution in [0.1, 0.15) is 25.3 Å². The van der Waals surface area contributed by atoms with Gasteiger partial charge in [-0.3, -0.25) is 4.79 Å². The topological polar surface area (TPSA) is 111 Å². The number of nitrogens with zero attached hydrogens (tertiary/aromatic N) is 2. The molecule has 1 amide bonds. The largest absolute Gasteiger partial charge is 0.506 e. The van der Waals surface area contributed by atoms with Gasteiger partial charge in [-0.25, -0.2) is 9.79 Å². The van der Waals surface area contributed by atoms with Gasteiger partial charge in [-0.05, 0) is 68.3 Å². The molecule has 1 atom stereocenters. The lowest BCUT2D eigenvalue weighted by atomic mass is 10.1. The van der Waals surface area contributed by atoms with E-state index in [9.17, 15) is 14.7 Å². The number of nitrogens with one attached hydrogen (secondary N) is 1. The molecular formula is C30H30BrN3O6S. The molecule has 5 rings (SSSR count). The number of amides is 1. The first kappa shape index (κ1) is 29.0. The molecule has 0 spiro atoms.